The molecule has 1 aromatic rings. The smallest absolute Gasteiger partial charge is 0.151 e. The molecule has 66 valence electrons. The van der Waals surface area contributed by atoms with E-state index in [1.165, 1.54) is 0 Å². The van der Waals surface area contributed by atoms with Gasteiger partial charge >= 0.3 is 0 Å². The molecule has 0 bridgehead atoms. The quantitative estimate of drug-likeness (QED) is 0.665. The highest BCUT2D eigenvalue weighted by molar-refractivity contribution is 8.05. The molecule has 0 atom stereocenters. The Morgan fingerprint density at radius 1 is 1.46 bits per heavy atom. The molecule has 0 saturated heterocycles. The molecule has 0 radical (unpaired) electrons. The molecule has 2 nitrogen and oxygen atoms in total. The molecule has 1 aliphatic heterocycles. The Kier molecular flexibility index (Phi) is 2.71. The first-order valence-electron chi connectivity index (χ1n) is 3.77. The summed E-state index contributed by atoms with van der Waals surface area (Å²) in [5, 5.41) is 4.07. The topological polar surface area (TPSA) is 30.0 Å². The van der Waals surface area contributed by atoms with Gasteiger partial charge in [-0.3, -0.25) is 9.78 Å². The summed E-state index contributed by atoms with van der Waals surface area (Å²) in [6.45, 7) is 0. The molecule has 0 spiro atoms. The second-order valence-electron chi connectivity index (χ2n) is 2.53. The summed E-state index contributed by atoms with van der Waals surface area (Å²) in [6.07, 6.45) is 2.45. The molecule has 0 N–H and O–H groups in total. The predicted octanol–water partition coefficient (Wildman–Crippen LogP) is 2.70. The molecule has 0 fully saturated rings. The van der Waals surface area contributed by atoms with Crippen LogP contribution in [0.3, 0.4) is 0 Å². The van der Waals surface area contributed by atoms with E-state index in [1.807, 2.05) is 16.9 Å². The van der Waals surface area contributed by atoms with E-state index < -0.39 is 0 Å². The van der Waals surface area contributed by atoms with Gasteiger partial charge in [-0.05, 0) is 16.9 Å². The molecule has 0 saturated carbocycles. The monoisotopic (exact) mass is 209 g/mol. The van der Waals surface area contributed by atoms with E-state index in [2.05, 4.69) is 4.98 Å². The van der Waals surface area contributed by atoms with Gasteiger partial charge in [-0.15, -0.1) is 11.8 Å². The number of pyridine rings is 1. The van der Waals surface area contributed by atoms with Crippen LogP contribution in [0, 0.1) is 0 Å². The largest absolute Gasteiger partial charge is 0.298 e. The molecule has 2 heterocycles. The number of aromatic nitrogens is 1. The van der Waals surface area contributed by atoms with Crippen molar-refractivity contribution in [1.29, 1.82) is 0 Å². The van der Waals surface area contributed by atoms with Gasteiger partial charge < -0.3 is 0 Å². The van der Waals surface area contributed by atoms with Gasteiger partial charge in [0.15, 0.2) is 6.29 Å². The van der Waals surface area contributed by atoms with E-state index in [-0.39, 0.29) is 0 Å². The summed E-state index contributed by atoms with van der Waals surface area (Å²) in [5.74, 6) is 0.887. The van der Waals surface area contributed by atoms with Crippen molar-refractivity contribution in [2.24, 2.45) is 0 Å². The van der Waals surface area contributed by atoms with Gasteiger partial charge in [0.05, 0.1) is 5.69 Å². The summed E-state index contributed by atoms with van der Waals surface area (Å²) < 4.78 is 0. The van der Waals surface area contributed by atoms with E-state index >= 15 is 0 Å². The molecule has 0 aromatic carbocycles. The minimum atomic E-state index is 0.645. The predicted molar refractivity (Wildman–Crippen MR) is 55.9 cm³/mol. The number of nitrogens with zero attached hydrogens (tertiary/aromatic N) is 1. The SMILES string of the molecule is O=Cc1cnc2c(c1)SC=CSC2. The van der Waals surface area contributed by atoms with Gasteiger partial charge in [0.1, 0.15) is 0 Å². The minimum Gasteiger partial charge on any atom is -0.298 e. The van der Waals surface area contributed by atoms with Crippen molar-refractivity contribution in [3.05, 3.63) is 34.3 Å². The van der Waals surface area contributed by atoms with E-state index in [4.69, 9.17) is 0 Å². The van der Waals surface area contributed by atoms with E-state index in [9.17, 15) is 4.79 Å². The Morgan fingerprint density at radius 3 is 3.23 bits per heavy atom. The third-order valence-electron chi connectivity index (χ3n) is 1.65. The average Bonchev–Trinajstić information content (AvgIpc) is 2.41. The van der Waals surface area contributed by atoms with E-state index in [1.54, 1.807) is 29.7 Å². The van der Waals surface area contributed by atoms with Crippen molar-refractivity contribution >= 4 is 29.8 Å². The maximum Gasteiger partial charge on any atom is 0.151 e. The lowest BCUT2D eigenvalue weighted by Crippen LogP contribution is -1.91. The molecule has 0 unspecified atom stereocenters. The van der Waals surface area contributed by atoms with Crippen LogP contribution in [0.2, 0.25) is 0 Å². The van der Waals surface area contributed by atoms with Crippen LogP contribution in [-0.4, -0.2) is 11.3 Å². The number of fused-ring (bicyclic) bond motifs is 1. The standard InChI is InChI=1S/C9H7NOS2/c11-5-7-3-9-8(10-4-7)6-12-1-2-13-9/h1-5H,6H2. The number of hydrogen-bond acceptors (Lipinski definition) is 4. The van der Waals surface area contributed by atoms with Gasteiger partial charge in [-0.1, -0.05) is 11.8 Å². The van der Waals surface area contributed by atoms with Crippen molar-refractivity contribution in [2.45, 2.75) is 10.6 Å². The Morgan fingerprint density at radius 2 is 2.38 bits per heavy atom. The molecular weight excluding hydrogens is 202 g/mol. The van der Waals surface area contributed by atoms with Crippen LogP contribution in [0.25, 0.3) is 0 Å². The number of hydrogen-bond donors (Lipinski definition) is 0. The lowest BCUT2D eigenvalue weighted by Gasteiger charge is -2.02. The summed E-state index contributed by atoms with van der Waals surface area (Å²) in [7, 11) is 0. The molecule has 4 heteroatoms. The van der Waals surface area contributed by atoms with Gasteiger partial charge in [-0.2, -0.15) is 0 Å². The van der Waals surface area contributed by atoms with Gasteiger partial charge in [-0.25, -0.2) is 0 Å². The lowest BCUT2D eigenvalue weighted by molar-refractivity contribution is 0.112. The fourth-order valence-electron chi connectivity index (χ4n) is 1.03. The lowest BCUT2D eigenvalue weighted by atomic mass is 10.3. The van der Waals surface area contributed by atoms with Crippen LogP contribution in [0.4, 0.5) is 0 Å². The summed E-state index contributed by atoms with van der Waals surface area (Å²) in [4.78, 5) is 15.8. The van der Waals surface area contributed by atoms with Crippen molar-refractivity contribution in [3.8, 4) is 0 Å². The van der Waals surface area contributed by atoms with Crippen LogP contribution in [0.1, 0.15) is 16.1 Å². The zero-order chi connectivity index (χ0) is 9.10. The fraction of sp³-hybridized carbons (Fsp3) is 0.111. The number of thioether (sulfide) groups is 2. The van der Waals surface area contributed by atoms with Crippen molar-refractivity contribution in [1.82, 2.24) is 4.98 Å². The Bertz CT molecular complexity index is 363. The van der Waals surface area contributed by atoms with Gasteiger partial charge in [0.25, 0.3) is 0 Å². The second kappa shape index (κ2) is 3.98. The number of carbonyl (C=O) groups is 1. The van der Waals surface area contributed by atoms with E-state index in [0.29, 0.717) is 5.56 Å². The summed E-state index contributed by atoms with van der Waals surface area (Å²) in [6, 6.07) is 1.89. The van der Waals surface area contributed by atoms with Gasteiger partial charge in [0.2, 0.25) is 0 Å². The maximum absolute atomic E-state index is 10.5. The van der Waals surface area contributed by atoms with E-state index in [0.717, 1.165) is 22.6 Å². The number of rotatable bonds is 1. The molecular formula is C9H7NOS2. The second-order valence-corrected chi connectivity index (χ2v) is 4.37. The molecule has 13 heavy (non-hydrogen) atoms. The van der Waals surface area contributed by atoms with Crippen molar-refractivity contribution in [2.75, 3.05) is 0 Å². The molecule has 0 aliphatic carbocycles. The van der Waals surface area contributed by atoms with Crippen LogP contribution < -0.4 is 0 Å². The normalized spacial score (nSPS) is 14.8. The zero-order valence-electron chi connectivity index (χ0n) is 6.77. The zero-order valence-corrected chi connectivity index (χ0v) is 8.40. The van der Waals surface area contributed by atoms with Crippen molar-refractivity contribution < 1.29 is 4.79 Å². The third kappa shape index (κ3) is 1.95. The van der Waals surface area contributed by atoms with Crippen LogP contribution in [0.15, 0.2) is 28.0 Å². The first-order valence-corrected chi connectivity index (χ1v) is 5.70. The Labute approximate surface area is 84.8 Å². The molecule has 2 rings (SSSR count). The van der Waals surface area contributed by atoms with Gasteiger partial charge in [0, 0.05) is 22.4 Å². The summed E-state index contributed by atoms with van der Waals surface area (Å²) >= 11 is 3.34. The molecule has 1 aliphatic rings. The third-order valence-corrected chi connectivity index (χ3v) is 3.48. The number of carbonyl (C=O) groups excluding carboxylic acids is 1. The van der Waals surface area contributed by atoms with Crippen LogP contribution in [-0.2, 0) is 5.75 Å². The summed E-state index contributed by atoms with van der Waals surface area (Å²) in [5.41, 5.74) is 1.71. The Hall–Kier alpha value is -0.740. The Balaban J connectivity index is 2.42. The maximum atomic E-state index is 10.5. The van der Waals surface area contributed by atoms with Crippen molar-refractivity contribution in [3.63, 3.8) is 0 Å². The first-order chi connectivity index (χ1) is 6.40. The fourth-order valence-corrected chi connectivity index (χ4v) is 2.75. The molecule has 0 amide bonds. The van der Waals surface area contributed by atoms with Crippen LogP contribution >= 0.6 is 23.5 Å². The highest BCUT2D eigenvalue weighted by Crippen LogP contribution is 2.30. The minimum absolute atomic E-state index is 0.645. The first kappa shape index (κ1) is 8.84. The average molecular weight is 209 g/mol. The molecule has 1 aromatic heterocycles. The van der Waals surface area contributed by atoms with Crippen LogP contribution in [0.5, 0.6) is 0 Å². The number of aldehydes is 1. The highest BCUT2D eigenvalue weighted by atomic mass is 32.2. The highest BCUT2D eigenvalue weighted by Gasteiger charge is 2.07.